The second kappa shape index (κ2) is 6.13. The first-order valence-electron chi connectivity index (χ1n) is 5.78. The van der Waals surface area contributed by atoms with Gasteiger partial charge in [0.1, 0.15) is 12.4 Å². The Hall–Kier alpha value is -1.92. The van der Waals surface area contributed by atoms with E-state index in [1.54, 1.807) is 6.92 Å². The van der Waals surface area contributed by atoms with E-state index >= 15 is 0 Å². The van der Waals surface area contributed by atoms with E-state index in [1.165, 1.54) is 12.0 Å². The van der Waals surface area contributed by atoms with Gasteiger partial charge in [-0.3, -0.25) is 14.7 Å². The van der Waals surface area contributed by atoms with Gasteiger partial charge in [-0.15, -0.1) is 5.10 Å². The fourth-order valence-corrected chi connectivity index (χ4v) is 1.32. The summed E-state index contributed by atoms with van der Waals surface area (Å²) in [4.78, 5) is 28.6. The van der Waals surface area contributed by atoms with Crippen LogP contribution in [0.4, 0.5) is 0 Å². The van der Waals surface area contributed by atoms with Crippen LogP contribution in [0.2, 0.25) is 0 Å². The summed E-state index contributed by atoms with van der Waals surface area (Å²) < 4.78 is 4.53. The molecular formula is C11H18N4O3. The molecule has 1 N–H and O–H groups in total. The molecule has 0 unspecified atom stereocenters. The molecule has 0 aromatic carbocycles. The van der Waals surface area contributed by atoms with Crippen molar-refractivity contribution in [1.29, 1.82) is 0 Å². The minimum atomic E-state index is -0.468. The van der Waals surface area contributed by atoms with Crippen molar-refractivity contribution in [2.24, 2.45) is 0 Å². The van der Waals surface area contributed by atoms with E-state index in [1.807, 2.05) is 13.8 Å². The number of methoxy groups -OCH3 is 1. The lowest BCUT2D eigenvalue weighted by molar-refractivity contribution is -0.141. The average Bonchev–Trinajstić information content (AvgIpc) is 2.84. The molecule has 0 spiro atoms. The zero-order valence-corrected chi connectivity index (χ0v) is 11.1. The Morgan fingerprint density at radius 3 is 2.56 bits per heavy atom. The molecule has 7 nitrogen and oxygen atoms in total. The predicted molar refractivity (Wildman–Crippen MR) is 64.1 cm³/mol. The fraction of sp³-hybridized carbons (Fsp3) is 0.636. The van der Waals surface area contributed by atoms with Crippen molar-refractivity contribution in [3.63, 3.8) is 0 Å². The van der Waals surface area contributed by atoms with Gasteiger partial charge in [0.2, 0.25) is 5.82 Å². The van der Waals surface area contributed by atoms with E-state index in [4.69, 9.17) is 0 Å². The van der Waals surface area contributed by atoms with Crippen LogP contribution in [0.3, 0.4) is 0 Å². The molecule has 0 atom stereocenters. The molecule has 18 heavy (non-hydrogen) atoms. The van der Waals surface area contributed by atoms with Gasteiger partial charge in [0, 0.05) is 12.5 Å². The topological polar surface area (TPSA) is 88.2 Å². The van der Waals surface area contributed by atoms with Gasteiger partial charge in [-0.05, 0) is 6.92 Å². The second-order valence-corrected chi connectivity index (χ2v) is 4.09. The third-order valence-electron chi connectivity index (χ3n) is 2.46. The smallest absolute Gasteiger partial charge is 0.325 e. The maximum absolute atomic E-state index is 12.0. The summed E-state index contributed by atoms with van der Waals surface area (Å²) in [6.07, 6.45) is 0. The normalized spacial score (nSPS) is 10.5. The number of hydrogen-bond donors (Lipinski definition) is 1. The minimum Gasteiger partial charge on any atom is -0.468 e. The number of likely N-dealkylation sites (N-methyl/N-ethyl adjacent to an activating group) is 1. The molecule has 0 saturated carbocycles. The Balaban J connectivity index is 2.79. The van der Waals surface area contributed by atoms with Gasteiger partial charge in [-0.2, -0.15) is 0 Å². The Labute approximate surface area is 106 Å². The highest BCUT2D eigenvalue weighted by Gasteiger charge is 2.22. The van der Waals surface area contributed by atoms with Crippen molar-refractivity contribution in [3.8, 4) is 0 Å². The maximum atomic E-state index is 12.0. The summed E-state index contributed by atoms with van der Waals surface area (Å²) in [7, 11) is 1.28. The summed E-state index contributed by atoms with van der Waals surface area (Å²) in [6, 6.07) is 0. The molecule has 0 bridgehead atoms. The molecule has 1 heterocycles. The summed E-state index contributed by atoms with van der Waals surface area (Å²) in [5.41, 5.74) is 0. The highest BCUT2D eigenvalue weighted by molar-refractivity contribution is 5.92. The van der Waals surface area contributed by atoms with Crippen molar-refractivity contribution in [3.05, 3.63) is 11.6 Å². The number of carbonyl (C=O) groups excluding carboxylic acids is 2. The molecule has 1 aromatic heterocycles. The van der Waals surface area contributed by atoms with Crippen LogP contribution in [0.15, 0.2) is 0 Å². The molecule has 0 aliphatic rings. The molecule has 0 aliphatic carbocycles. The quantitative estimate of drug-likeness (QED) is 0.776. The highest BCUT2D eigenvalue weighted by atomic mass is 16.5. The van der Waals surface area contributed by atoms with Gasteiger partial charge in [0.05, 0.1) is 7.11 Å². The fourth-order valence-electron chi connectivity index (χ4n) is 1.32. The van der Waals surface area contributed by atoms with Crippen LogP contribution in [-0.2, 0) is 9.53 Å². The molecular weight excluding hydrogens is 236 g/mol. The molecule has 1 rings (SSSR count). The summed E-state index contributed by atoms with van der Waals surface area (Å²) in [5.74, 6) is 0.0301. The Morgan fingerprint density at radius 2 is 2.11 bits per heavy atom. The Morgan fingerprint density at radius 1 is 1.44 bits per heavy atom. The molecule has 7 heteroatoms. The molecule has 0 radical (unpaired) electrons. The zero-order chi connectivity index (χ0) is 13.7. The van der Waals surface area contributed by atoms with Crippen LogP contribution < -0.4 is 0 Å². The van der Waals surface area contributed by atoms with E-state index in [-0.39, 0.29) is 24.2 Å². The van der Waals surface area contributed by atoms with E-state index in [2.05, 4.69) is 19.9 Å². The lowest BCUT2D eigenvalue weighted by Crippen LogP contribution is -2.36. The molecule has 0 aliphatic heterocycles. The largest absolute Gasteiger partial charge is 0.468 e. The first kappa shape index (κ1) is 14.1. The number of aromatic amines is 1. The predicted octanol–water partition coefficient (Wildman–Crippen LogP) is 0.563. The van der Waals surface area contributed by atoms with Gasteiger partial charge in [0.15, 0.2) is 0 Å². The van der Waals surface area contributed by atoms with E-state index in [0.717, 1.165) is 0 Å². The lowest BCUT2D eigenvalue weighted by Gasteiger charge is -2.17. The number of rotatable bonds is 5. The second-order valence-electron chi connectivity index (χ2n) is 4.09. The number of ether oxygens (including phenoxy) is 1. The minimum absolute atomic E-state index is 0.0736. The number of nitrogens with one attached hydrogen (secondary N) is 1. The standard InChI is InChI=1S/C11H18N4O3/c1-5-15(6-8(16)18-4)11(17)10-12-9(7(2)3)13-14-10/h7H,5-6H2,1-4H3,(H,12,13,14). The number of hydrogen-bond acceptors (Lipinski definition) is 5. The zero-order valence-electron chi connectivity index (χ0n) is 11.1. The van der Waals surface area contributed by atoms with Crippen molar-refractivity contribution >= 4 is 11.9 Å². The lowest BCUT2D eigenvalue weighted by atomic mass is 10.2. The van der Waals surface area contributed by atoms with Gasteiger partial charge in [-0.25, -0.2) is 4.98 Å². The SMILES string of the molecule is CCN(CC(=O)OC)C(=O)c1n[nH]c(C(C)C)n1. The number of esters is 1. The van der Waals surface area contributed by atoms with Gasteiger partial charge in [0.25, 0.3) is 5.91 Å². The summed E-state index contributed by atoms with van der Waals surface area (Å²) in [6.45, 7) is 5.95. The third kappa shape index (κ3) is 3.28. The number of nitrogens with zero attached hydrogens (tertiary/aromatic N) is 3. The number of H-pyrrole nitrogens is 1. The molecule has 100 valence electrons. The molecule has 0 fully saturated rings. The monoisotopic (exact) mass is 254 g/mol. The van der Waals surface area contributed by atoms with Crippen molar-refractivity contribution in [2.45, 2.75) is 26.7 Å². The van der Waals surface area contributed by atoms with Crippen LogP contribution in [0, 0.1) is 0 Å². The van der Waals surface area contributed by atoms with Crippen molar-refractivity contribution < 1.29 is 14.3 Å². The van der Waals surface area contributed by atoms with Crippen molar-refractivity contribution in [1.82, 2.24) is 20.1 Å². The van der Waals surface area contributed by atoms with Crippen molar-refractivity contribution in [2.75, 3.05) is 20.2 Å². The third-order valence-corrected chi connectivity index (χ3v) is 2.46. The summed E-state index contributed by atoms with van der Waals surface area (Å²) in [5, 5.41) is 6.57. The van der Waals surface area contributed by atoms with E-state index < -0.39 is 5.97 Å². The Kier molecular flexibility index (Phi) is 4.82. The first-order valence-corrected chi connectivity index (χ1v) is 5.78. The number of amides is 1. The average molecular weight is 254 g/mol. The molecule has 1 aromatic rings. The van der Waals surface area contributed by atoms with E-state index in [0.29, 0.717) is 12.4 Å². The Bertz CT molecular complexity index is 428. The molecule has 1 amide bonds. The van der Waals surface area contributed by atoms with Crippen LogP contribution in [-0.4, -0.2) is 52.2 Å². The van der Waals surface area contributed by atoms with Gasteiger partial charge >= 0.3 is 5.97 Å². The number of carbonyl (C=O) groups is 2. The van der Waals surface area contributed by atoms with Crippen LogP contribution >= 0.6 is 0 Å². The first-order chi connectivity index (χ1) is 8.49. The van der Waals surface area contributed by atoms with Crippen LogP contribution in [0.1, 0.15) is 43.1 Å². The molecule has 0 saturated heterocycles. The highest BCUT2D eigenvalue weighted by Crippen LogP contribution is 2.08. The number of aromatic nitrogens is 3. The van der Waals surface area contributed by atoms with Crippen LogP contribution in [0.25, 0.3) is 0 Å². The van der Waals surface area contributed by atoms with Crippen LogP contribution in [0.5, 0.6) is 0 Å². The van der Waals surface area contributed by atoms with Gasteiger partial charge < -0.3 is 9.64 Å². The van der Waals surface area contributed by atoms with E-state index in [9.17, 15) is 9.59 Å². The van der Waals surface area contributed by atoms with Gasteiger partial charge in [-0.1, -0.05) is 13.8 Å². The summed E-state index contributed by atoms with van der Waals surface area (Å²) >= 11 is 0. The maximum Gasteiger partial charge on any atom is 0.325 e.